The number of benzene rings is 1. The second kappa shape index (κ2) is 7.64. The van der Waals surface area contributed by atoms with Crippen molar-refractivity contribution in [3.63, 3.8) is 0 Å². The first-order chi connectivity index (χ1) is 10.2. The van der Waals surface area contributed by atoms with Crippen molar-refractivity contribution in [3.8, 4) is 5.75 Å². The molecule has 1 aromatic carbocycles. The number of rotatable bonds is 8. The fourth-order valence-corrected chi connectivity index (χ4v) is 2.09. The van der Waals surface area contributed by atoms with E-state index in [1.165, 1.54) is 0 Å². The molecule has 0 saturated heterocycles. The number of hydrogen-bond donors (Lipinski definition) is 2. The van der Waals surface area contributed by atoms with Gasteiger partial charge in [0.25, 0.3) is 0 Å². The third-order valence-corrected chi connectivity index (χ3v) is 3.18. The summed E-state index contributed by atoms with van der Waals surface area (Å²) in [6.07, 6.45) is 0.824. The van der Waals surface area contributed by atoms with Gasteiger partial charge in [0.2, 0.25) is 5.89 Å². The Kier molecular flexibility index (Phi) is 5.57. The van der Waals surface area contributed by atoms with Gasteiger partial charge in [-0.05, 0) is 31.5 Å². The van der Waals surface area contributed by atoms with Gasteiger partial charge in [0, 0.05) is 6.54 Å². The quantitative estimate of drug-likeness (QED) is 0.778. The molecular formula is C15H22N4O2. The molecule has 6 heteroatoms. The number of ether oxygens (including phenoxy) is 1. The van der Waals surface area contributed by atoms with Crippen LogP contribution in [0.15, 0.2) is 28.7 Å². The highest BCUT2D eigenvalue weighted by Gasteiger charge is 2.12. The van der Waals surface area contributed by atoms with Crippen molar-refractivity contribution in [1.29, 1.82) is 0 Å². The fraction of sp³-hybridized carbons (Fsp3) is 0.467. The maximum atomic E-state index is 5.57. The van der Waals surface area contributed by atoms with Crippen molar-refractivity contribution < 1.29 is 9.15 Å². The lowest BCUT2D eigenvalue weighted by Gasteiger charge is -2.08. The Morgan fingerprint density at radius 3 is 2.86 bits per heavy atom. The molecule has 6 nitrogen and oxygen atoms in total. The Morgan fingerprint density at radius 1 is 1.29 bits per heavy atom. The highest BCUT2D eigenvalue weighted by molar-refractivity contribution is 5.34. The summed E-state index contributed by atoms with van der Waals surface area (Å²) in [6, 6.07) is 8.48. The number of para-hydroxylation sites is 1. The minimum atomic E-state index is 0.0623. The Bertz CT molecular complexity index is 556. The monoisotopic (exact) mass is 290 g/mol. The molecule has 0 aliphatic rings. The van der Waals surface area contributed by atoms with Crippen molar-refractivity contribution in [3.05, 3.63) is 35.7 Å². The average Bonchev–Trinajstić information content (AvgIpc) is 2.97. The van der Waals surface area contributed by atoms with E-state index in [4.69, 9.17) is 9.15 Å². The molecular weight excluding hydrogens is 268 g/mol. The first kappa shape index (κ1) is 15.3. The summed E-state index contributed by atoms with van der Waals surface area (Å²) < 4.78 is 10.9. The van der Waals surface area contributed by atoms with Crippen molar-refractivity contribution in [1.82, 2.24) is 15.5 Å². The maximum Gasteiger partial charge on any atom is 0.315 e. The van der Waals surface area contributed by atoms with Crippen LogP contribution in [0.2, 0.25) is 0 Å². The molecule has 2 aromatic rings. The van der Waals surface area contributed by atoms with E-state index < -0.39 is 0 Å². The standard InChI is InChI=1S/C15H22N4O2/c1-4-16-11(2)14-18-19-15(21-14)17-10-9-12-7-5-6-8-13(12)20-3/h5-8,11,16H,4,9-10H2,1-3H3,(H,17,19). The van der Waals surface area contributed by atoms with E-state index in [2.05, 4.69) is 20.8 Å². The van der Waals surface area contributed by atoms with Crippen LogP contribution < -0.4 is 15.4 Å². The van der Waals surface area contributed by atoms with Crippen LogP contribution >= 0.6 is 0 Å². The number of methoxy groups -OCH3 is 1. The summed E-state index contributed by atoms with van der Waals surface area (Å²) in [4.78, 5) is 0. The molecule has 0 spiro atoms. The predicted octanol–water partition coefficient (Wildman–Crippen LogP) is 2.40. The molecule has 0 radical (unpaired) electrons. The van der Waals surface area contributed by atoms with Gasteiger partial charge in [-0.3, -0.25) is 0 Å². The van der Waals surface area contributed by atoms with E-state index >= 15 is 0 Å². The van der Waals surface area contributed by atoms with E-state index in [-0.39, 0.29) is 6.04 Å². The molecule has 0 saturated carbocycles. The van der Waals surface area contributed by atoms with Crippen LogP contribution in [0.25, 0.3) is 0 Å². The second-order valence-electron chi connectivity index (χ2n) is 4.71. The largest absolute Gasteiger partial charge is 0.496 e. The van der Waals surface area contributed by atoms with Crippen LogP contribution in [0.4, 0.5) is 6.01 Å². The van der Waals surface area contributed by atoms with E-state index in [1.54, 1.807) is 7.11 Å². The van der Waals surface area contributed by atoms with Crippen molar-refractivity contribution in [2.45, 2.75) is 26.3 Å². The van der Waals surface area contributed by atoms with E-state index in [0.717, 1.165) is 24.3 Å². The summed E-state index contributed by atoms with van der Waals surface area (Å²) >= 11 is 0. The highest BCUT2D eigenvalue weighted by atomic mass is 16.5. The first-order valence-electron chi connectivity index (χ1n) is 7.17. The maximum absolute atomic E-state index is 5.57. The van der Waals surface area contributed by atoms with Gasteiger partial charge in [-0.2, -0.15) is 0 Å². The smallest absolute Gasteiger partial charge is 0.315 e. The summed E-state index contributed by atoms with van der Waals surface area (Å²) in [5.74, 6) is 1.49. The summed E-state index contributed by atoms with van der Waals surface area (Å²) in [5, 5.41) is 14.4. The zero-order valence-electron chi connectivity index (χ0n) is 12.7. The zero-order valence-corrected chi connectivity index (χ0v) is 12.7. The molecule has 2 N–H and O–H groups in total. The average molecular weight is 290 g/mol. The van der Waals surface area contributed by atoms with Gasteiger partial charge < -0.3 is 19.8 Å². The predicted molar refractivity (Wildman–Crippen MR) is 81.6 cm³/mol. The van der Waals surface area contributed by atoms with Gasteiger partial charge in [0.15, 0.2) is 0 Å². The molecule has 1 heterocycles. The van der Waals surface area contributed by atoms with Crippen molar-refractivity contribution in [2.24, 2.45) is 0 Å². The second-order valence-corrected chi connectivity index (χ2v) is 4.71. The lowest BCUT2D eigenvalue weighted by atomic mass is 10.1. The fourth-order valence-electron chi connectivity index (χ4n) is 2.09. The van der Waals surface area contributed by atoms with Gasteiger partial charge in [-0.25, -0.2) is 0 Å². The van der Waals surface area contributed by atoms with Gasteiger partial charge in [0.05, 0.1) is 13.2 Å². The number of nitrogens with one attached hydrogen (secondary N) is 2. The van der Waals surface area contributed by atoms with Crippen LogP contribution in [-0.2, 0) is 6.42 Å². The normalized spacial score (nSPS) is 12.1. The van der Waals surface area contributed by atoms with E-state index in [9.17, 15) is 0 Å². The number of hydrogen-bond acceptors (Lipinski definition) is 6. The highest BCUT2D eigenvalue weighted by Crippen LogP contribution is 2.18. The third kappa shape index (κ3) is 4.19. The summed E-state index contributed by atoms with van der Waals surface area (Å²) in [7, 11) is 1.68. The van der Waals surface area contributed by atoms with Gasteiger partial charge in [0.1, 0.15) is 5.75 Å². The van der Waals surface area contributed by atoms with Crippen LogP contribution in [0, 0.1) is 0 Å². The molecule has 1 unspecified atom stereocenters. The summed E-state index contributed by atoms with van der Waals surface area (Å²) in [6.45, 7) is 5.60. The van der Waals surface area contributed by atoms with Crippen LogP contribution in [0.3, 0.4) is 0 Å². The Balaban J connectivity index is 1.86. The number of aromatic nitrogens is 2. The first-order valence-corrected chi connectivity index (χ1v) is 7.17. The Morgan fingerprint density at radius 2 is 2.10 bits per heavy atom. The minimum absolute atomic E-state index is 0.0623. The minimum Gasteiger partial charge on any atom is -0.496 e. The number of anilines is 1. The van der Waals surface area contributed by atoms with Crippen LogP contribution in [-0.4, -0.2) is 30.4 Å². The van der Waals surface area contributed by atoms with Crippen molar-refractivity contribution in [2.75, 3.05) is 25.5 Å². The molecule has 21 heavy (non-hydrogen) atoms. The third-order valence-electron chi connectivity index (χ3n) is 3.18. The van der Waals surface area contributed by atoms with Crippen molar-refractivity contribution >= 4 is 6.01 Å². The molecule has 0 amide bonds. The molecule has 114 valence electrons. The van der Waals surface area contributed by atoms with Gasteiger partial charge >= 0.3 is 6.01 Å². The lowest BCUT2D eigenvalue weighted by Crippen LogP contribution is -2.17. The SMILES string of the molecule is CCNC(C)c1nnc(NCCc2ccccc2OC)o1. The molecule has 0 aliphatic heterocycles. The zero-order chi connectivity index (χ0) is 15.1. The molecule has 1 aromatic heterocycles. The molecule has 0 fully saturated rings. The summed E-state index contributed by atoms with van der Waals surface area (Å²) in [5.41, 5.74) is 1.15. The Hall–Kier alpha value is -2.08. The number of nitrogens with zero attached hydrogens (tertiary/aromatic N) is 2. The van der Waals surface area contributed by atoms with Gasteiger partial charge in [-0.1, -0.05) is 30.2 Å². The lowest BCUT2D eigenvalue weighted by molar-refractivity contribution is 0.409. The molecule has 0 bridgehead atoms. The molecule has 2 rings (SSSR count). The van der Waals surface area contributed by atoms with E-state index in [0.29, 0.717) is 18.5 Å². The topological polar surface area (TPSA) is 72.2 Å². The Labute approximate surface area is 124 Å². The van der Waals surface area contributed by atoms with Crippen LogP contribution in [0.5, 0.6) is 5.75 Å². The molecule has 0 aliphatic carbocycles. The van der Waals surface area contributed by atoms with E-state index in [1.807, 2.05) is 38.1 Å². The molecule has 1 atom stereocenters. The van der Waals surface area contributed by atoms with Crippen LogP contribution in [0.1, 0.15) is 31.3 Å². The van der Waals surface area contributed by atoms with Gasteiger partial charge in [-0.15, -0.1) is 5.10 Å².